The summed E-state index contributed by atoms with van der Waals surface area (Å²) in [6.07, 6.45) is 0.379. The number of hydrogen-bond acceptors (Lipinski definition) is 2. The number of carbonyl (C=O) groups is 2. The van der Waals surface area contributed by atoms with Crippen LogP contribution < -0.4 is 5.32 Å². The van der Waals surface area contributed by atoms with Gasteiger partial charge in [0.1, 0.15) is 0 Å². The maximum absolute atomic E-state index is 11.4. The quantitative estimate of drug-likeness (QED) is 0.747. The van der Waals surface area contributed by atoms with Gasteiger partial charge in [0.05, 0.1) is 0 Å². The van der Waals surface area contributed by atoms with Gasteiger partial charge < -0.3 is 10.2 Å². The van der Waals surface area contributed by atoms with E-state index in [2.05, 4.69) is 19.2 Å². The second kappa shape index (κ2) is 7.25. The topological polar surface area (TPSA) is 49.4 Å². The lowest BCUT2D eigenvalue weighted by Gasteiger charge is -2.25. The minimum Gasteiger partial charge on any atom is -0.356 e. The molecule has 2 amide bonds. The van der Waals surface area contributed by atoms with Gasteiger partial charge in [-0.05, 0) is 19.8 Å². The molecule has 0 aromatic rings. The average molecular weight is 228 g/mol. The third-order valence-corrected chi connectivity index (χ3v) is 2.32. The first kappa shape index (κ1) is 14.9. The molecule has 0 saturated heterocycles. The average Bonchev–Trinajstić information content (AvgIpc) is 2.13. The van der Waals surface area contributed by atoms with Crippen LogP contribution in [-0.2, 0) is 9.59 Å². The van der Waals surface area contributed by atoms with E-state index in [0.717, 1.165) is 0 Å². The van der Waals surface area contributed by atoms with Crippen molar-refractivity contribution in [3.63, 3.8) is 0 Å². The Hall–Kier alpha value is -1.06. The van der Waals surface area contributed by atoms with Gasteiger partial charge in [0.15, 0.2) is 0 Å². The van der Waals surface area contributed by atoms with E-state index >= 15 is 0 Å². The number of carbonyl (C=O) groups excluding carboxylic acids is 2. The molecule has 0 aliphatic rings. The SMILES string of the molecule is CC(=O)N(CCC(=O)NCC(C)C)C(C)C. The molecule has 94 valence electrons. The Balaban J connectivity index is 3.93. The van der Waals surface area contributed by atoms with Gasteiger partial charge in [-0.15, -0.1) is 0 Å². The Morgan fingerprint density at radius 2 is 1.75 bits per heavy atom. The molecule has 0 aromatic carbocycles. The Morgan fingerprint density at radius 1 is 1.19 bits per heavy atom. The van der Waals surface area contributed by atoms with Crippen molar-refractivity contribution in [3.05, 3.63) is 0 Å². The molecule has 0 radical (unpaired) electrons. The second-order valence-electron chi connectivity index (χ2n) is 4.75. The van der Waals surface area contributed by atoms with Gasteiger partial charge in [0.2, 0.25) is 11.8 Å². The van der Waals surface area contributed by atoms with E-state index in [1.807, 2.05) is 13.8 Å². The Kier molecular flexibility index (Phi) is 6.77. The highest BCUT2D eigenvalue weighted by molar-refractivity contribution is 5.78. The third kappa shape index (κ3) is 6.43. The number of nitrogens with zero attached hydrogens (tertiary/aromatic N) is 1. The van der Waals surface area contributed by atoms with Crippen LogP contribution in [0.15, 0.2) is 0 Å². The van der Waals surface area contributed by atoms with Gasteiger partial charge in [-0.1, -0.05) is 13.8 Å². The van der Waals surface area contributed by atoms with E-state index in [1.165, 1.54) is 6.92 Å². The van der Waals surface area contributed by atoms with Crippen LogP contribution >= 0.6 is 0 Å². The van der Waals surface area contributed by atoms with Gasteiger partial charge in [0.25, 0.3) is 0 Å². The normalized spacial score (nSPS) is 10.7. The van der Waals surface area contributed by atoms with Crippen molar-refractivity contribution in [1.82, 2.24) is 10.2 Å². The minimum atomic E-state index is 0.0144. The molecule has 0 spiro atoms. The van der Waals surface area contributed by atoms with Gasteiger partial charge in [-0.25, -0.2) is 0 Å². The van der Waals surface area contributed by atoms with Crippen LogP contribution in [-0.4, -0.2) is 35.8 Å². The lowest BCUT2D eigenvalue weighted by molar-refractivity contribution is -0.131. The zero-order valence-electron chi connectivity index (χ0n) is 11.0. The van der Waals surface area contributed by atoms with Crippen LogP contribution in [0.1, 0.15) is 41.0 Å². The summed E-state index contributed by atoms with van der Waals surface area (Å²) in [5.41, 5.74) is 0. The first-order valence-corrected chi connectivity index (χ1v) is 5.88. The molecular weight excluding hydrogens is 204 g/mol. The van der Waals surface area contributed by atoms with Crippen LogP contribution in [0.3, 0.4) is 0 Å². The van der Waals surface area contributed by atoms with E-state index in [0.29, 0.717) is 25.4 Å². The van der Waals surface area contributed by atoms with Crippen molar-refractivity contribution in [1.29, 1.82) is 0 Å². The summed E-state index contributed by atoms with van der Waals surface area (Å²) in [5.74, 6) is 0.491. The van der Waals surface area contributed by atoms with Gasteiger partial charge in [0, 0.05) is 32.5 Å². The summed E-state index contributed by atoms with van der Waals surface area (Å²) in [6, 6.07) is 0.149. The fourth-order valence-electron chi connectivity index (χ4n) is 1.41. The van der Waals surface area contributed by atoms with Crippen molar-refractivity contribution in [2.45, 2.75) is 47.1 Å². The number of rotatable bonds is 6. The fourth-order valence-corrected chi connectivity index (χ4v) is 1.41. The Morgan fingerprint density at radius 3 is 2.12 bits per heavy atom. The molecule has 0 unspecified atom stereocenters. The predicted molar refractivity (Wildman–Crippen MR) is 65.0 cm³/mol. The Labute approximate surface area is 98.4 Å². The fraction of sp³-hybridized carbons (Fsp3) is 0.833. The van der Waals surface area contributed by atoms with Gasteiger partial charge in [-0.3, -0.25) is 9.59 Å². The van der Waals surface area contributed by atoms with Crippen molar-refractivity contribution in [3.8, 4) is 0 Å². The number of amides is 2. The van der Waals surface area contributed by atoms with Crippen LogP contribution in [0.25, 0.3) is 0 Å². The molecule has 0 fully saturated rings. The Bertz CT molecular complexity index is 237. The molecule has 4 nitrogen and oxygen atoms in total. The first-order chi connectivity index (χ1) is 7.34. The molecule has 0 aliphatic carbocycles. The molecule has 4 heteroatoms. The van der Waals surface area contributed by atoms with Crippen LogP contribution in [0, 0.1) is 5.92 Å². The zero-order valence-corrected chi connectivity index (χ0v) is 11.0. The summed E-state index contributed by atoms with van der Waals surface area (Å²) >= 11 is 0. The number of nitrogens with one attached hydrogen (secondary N) is 1. The highest BCUT2D eigenvalue weighted by Gasteiger charge is 2.13. The maximum Gasteiger partial charge on any atom is 0.221 e. The number of hydrogen-bond donors (Lipinski definition) is 1. The molecule has 16 heavy (non-hydrogen) atoms. The molecule has 0 aliphatic heterocycles. The van der Waals surface area contributed by atoms with Crippen LogP contribution in [0.2, 0.25) is 0 Å². The van der Waals surface area contributed by atoms with Gasteiger partial charge in [-0.2, -0.15) is 0 Å². The minimum absolute atomic E-state index is 0.0144. The van der Waals surface area contributed by atoms with E-state index in [1.54, 1.807) is 4.90 Å². The van der Waals surface area contributed by atoms with E-state index < -0.39 is 0 Å². The summed E-state index contributed by atoms with van der Waals surface area (Å²) < 4.78 is 0. The van der Waals surface area contributed by atoms with Crippen molar-refractivity contribution in [2.75, 3.05) is 13.1 Å². The zero-order chi connectivity index (χ0) is 12.7. The lowest BCUT2D eigenvalue weighted by Crippen LogP contribution is -2.38. The van der Waals surface area contributed by atoms with E-state index in [4.69, 9.17) is 0 Å². The molecule has 0 bridgehead atoms. The summed E-state index contributed by atoms with van der Waals surface area (Å²) in [4.78, 5) is 24.4. The van der Waals surface area contributed by atoms with Crippen molar-refractivity contribution >= 4 is 11.8 Å². The monoisotopic (exact) mass is 228 g/mol. The van der Waals surface area contributed by atoms with Crippen molar-refractivity contribution < 1.29 is 9.59 Å². The molecule has 0 saturated carbocycles. The summed E-state index contributed by atoms with van der Waals surface area (Å²) in [5, 5.41) is 2.84. The molecule has 0 aromatic heterocycles. The van der Waals surface area contributed by atoms with E-state index in [9.17, 15) is 9.59 Å². The largest absolute Gasteiger partial charge is 0.356 e. The van der Waals surface area contributed by atoms with Crippen LogP contribution in [0.4, 0.5) is 0 Å². The standard InChI is InChI=1S/C12H24N2O2/c1-9(2)8-13-12(16)6-7-14(10(3)4)11(5)15/h9-10H,6-8H2,1-5H3,(H,13,16). The smallest absolute Gasteiger partial charge is 0.221 e. The molecule has 0 rings (SSSR count). The highest BCUT2D eigenvalue weighted by Crippen LogP contribution is 2.00. The van der Waals surface area contributed by atoms with Crippen molar-refractivity contribution in [2.24, 2.45) is 5.92 Å². The predicted octanol–water partition coefficient (Wildman–Crippen LogP) is 1.41. The molecule has 0 atom stereocenters. The third-order valence-electron chi connectivity index (χ3n) is 2.32. The second-order valence-corrected chi connectivity index (χ2v) is 4.75. The molecule has 0 heterocycles. The van der Waals surface area contributed by atoms with Gasteiger partial charge >= 0.3 is 0 Å². The summed E-state index contributed by atoms with van der Waals surface area (Å²) in [7, 11) is 0. The summed E-state index contributed by atoms with van der Waals surface area (Å²) in [6.45, 7) is 10.7. The lowest BCUT2D eigenvalue weighted by atomic mass is 10.2. The maximum atomic E-state index is 11.4. The van der Waals surface area contributed by atoms with Crippen LogP contribution in [0.5, 0.6) is 0 Å². The highest BCUT2D eigenvalue weighted by atomic mass is 16.2. The molecular formula is C12H24N2O2. The first-order valence-electron chi connectivity index (χ1n) is 5.88. The van der Waals surface area contributed by atoms with E-state index in [-0.39, 0.29) is 17.9 Å². The molecule has 1 N–H and O–H groups in total.